The topological polar surface area (TPSA) is 67.6 Å². The maximum absolute atomic E-state index is 12.0. The van der Waals surface area contributed by atoms with Crippen molar-refractivity contribution < 1.29 is 9.53 Å². The Labute approximate surface area is 132 Å². The number of ether oxygens (including phenoxy) is 1. The van der Waals surface area contributed by atoms with E-state index in [4.69, 9.17) is 10.5 Å². The Kier molecular flexibility index (Phi) is 6.68. The highest BCUT2D eigenvalue weighted by atomic mass is 16.5. The summed E-state index contributed by atoms with van der Waals surface area (Å²) in [4.78, 5) is 14.4. The Balaban J connectivity index is 1.70. The Bertz CT molecular complexity index is 479. The lowest BCUT2D eigenvalue weighted by molar-refractivity contribution is -0.121. The Morgan fingerprint density at radius 3 is 3.05 bits per heavy atom. The third-order valence-corrected chi connectivity index (χ3v) is 4.29. The fourth-order valence-electron chi connectivity index (χ4n) is 2.96. The van der Waals surface area contributed by atoms with Crippen LogP contribution in [0.15, 0.2) is 24.3 Å². The zero-order valence-corrected chi connectivity index (χ0v) is 13.4. The van der Waals surface area contributed by atoms with Gasteiger partial charge >= 0.3 is 0 Å². The molecule has 2 rings (SSSR count). The van der Waals surface area contributed by atoms with Gasteiger partial charge in [0.25, 0.3) is 0 Å². The van der Waals surface area contributed by atoms with Gasteiger partial charge in [-0.2, -0.15) is 0 Å². The number of likely N-dealkylation sites (tertiary alicyclic amines) is 1. The van der Waals surface area contributed by atoms with E-state index in [1.807, 2.05) is 24.3 Å². The minimum absolute atomic E-state index is 0.0989. The molecule has 1 unspecified atom stereocenters. The predicted molar refractivity (Wildman–Crippen MR) is 88.7 cm³/mol. The van der Waals surface area contributed by atoms with Gasteiger partial charge in [0.15, 0.2) is 0 Å². The van der Waals surface area contributed by atoms with Crippen LogP contribution in [-0.4, -0.2) is 50.2 Å². The lowest BCUT2D eigenvalue weighted by Crippen LogP contribution is -2.41. The summed E-state index contributed by atoms with van der Waals surface area (Å²) >= 11 is 0. The zero-order valence-electron chi connectivity index (χ0n) is 13.4. The van der Waals surface area contributed by atoms with Gasteiger partial charge in [-0.3, -0.25) is 9.69 Å². The number of para-hydroxylation sites is 1. The first kappa shape index (κ1) is 16.8. The second-order valence-corrected chi connectivity index (χ2v) is 5.83. The van der Waals surface area contributed by atoms with Gasteiger partial charge in [-0.1, -0.05) is 18.2 Å². The fourth-order valence-corrected chi connectivity index (χ4v) is 2.96. The number of benzene rings is 1. The molecule has 1 heterocycles. The molecule has 0 saturated carbocycles. The minimum atomic E-state index is 0.0989. The van der Waals surface area contributed by atoms with E-state index >= 15 is 0 Å². The summed E-state index contributed by atoms with van der Waals surface area (Å²) in [6.07, 6.45) is 3.52. The molecule has 0 spiro atoms. The number of rotatable bonds is 8. The van der Waals surface area contributed by atoms with Gasteiger partial charge in [0.1, 0.15) is 0 Å². The normalized spacial score (nSPS) is 18.5. The van der Waals surface area contributed by atoms with Crippen molar-refractivity contribution in [3.05, 3.63) is 29.8 Å². The molecule has 1 aromatic carbocycles. The molecule has 1 aliphatic heterocycles. The first-order valence-electron chi connectivity index (χ1n) is 8.03. The molecule has 1 amide bonds. The lowest BCUT2D eigenvalue weighted by atomic mass is 10.1. The van der Waals surface area contributed by atoms with Crippen LogP contribution in [0.2, 0.25) is 0 Å². The Morgan fingerprint density at radius 2 is 2.27 bits per heavy atom. The van der Waals surface area contributed by atoms with E-state index in [0.29, 0.717) is 18.9 Å². The molecule has 1 atom stereocenters. The molecular formula is C17H27N3O2. The molecule has 3 N–H and O–H groups in total. The number of amides is 1. The second kappa shape index (κ2) is 8.76. The smallest absolute Gasteiger partial charge is 0.220 e. The third-order valence-electron chi connectivity index (χ3n) is 4.29. The maximum atomic E-state index is 12.0. The number of nitrogen functional groups attached to an aromatic ring is 1. The summed E-state index contributed by atoms with van der Waals surface area (Å²) in [5.41, 5.74) is 7.70. The van der Waals surface area contributed by atoms with Gasteiger partial charge in [-0.15, -0.1) is 0 Å². The summed E-state index contributed by atoms with van der Waals surface area (Å²) in [6.45, 7) is 3.52. The third kappa shape index (κ3) is 5.00. The molecule has 0 aliphatic carbocycles. The quantitative estimate of drug-likeness (QED) is 0.713. The van der Waals surface area contributed by atoms with Crippen LogP contribution in [0.3, 0.4) is 0 Å². The SMILES string of the molecule is COCCN1CCCC1CNC(=O)CCc1ccccc1N. The molecule has 122 valence electrons. The van der Waals surface area contributed by atoms with E-state index in [2.05, 4.69) is 10.2 Å². The average molecular weight is 305 g/mol. The van der Waals surface area contributed by atoms with Crippen LogP contribution in [0, 0.1) is 0 Å². The number of hydrogen-bond donors (Lipinski definition) is 2. The standard InChI is InChI=1S/C17H27N3O2/c1-22-12-11-20-10-4-6-15(20)13-19-17(21)9-8-14-5-2-3-7-16(14)18/h2-3,5,7,15H,4,6,8-13,18H2,1H3,(H,19,21). The monoisotopic (exact) mass is 305 g/mol. The van der Waals surface area contributed by atoms with E-state index < -0.39 is 0 Å². The summed E-state index contributed by atoms with van der Waals surface area (Å²) < 4.78 is 5.14. The van der Waals surface area contributed by atoms with Crippen LogP contribution in [0.4, 0.5) is 5.69 Å². The maximum Gasteiger partial charge on any atom is 0.220 e. The van der Waals surface area contributed by atoms with E-state index in [9.17, 15) is 4.79 Å². The van der Waals surface area contributed by atoms with Crippen LogP contribution in [0.25, 0.3) is 0 Å². The summed E-state index contributed by atoms with van der Waals surface area (Å²) in [5, 5.41) is 3.06. The number of nitrogens with zero attached hydrogens (tertiary/aromatic N) is 1. The predicted octanol–water partition coefficient (Wildman–Crippen LogP) is 1.43. The average Bonchev–Trinajstić information content (AvgIpc) is 2.97. The Morgan fingerprint density at radius 1 is 1.45 bits per heavy atom. The van der Waals surface area contributed by atoms with Crippen LogP contribution < -0.4 is 11.1 Å². The molecule has 5 heteroatoms. The number of hydrogen-bond acceptors (Lipinski definition) is 4. The molecule has 0 radical (unpaired) electrons. The Hall–Kier alpha value is -1.59. The highest BCUT2D eigenvalue weighted by Crippen LogP contribution is 2.16. The van der Waals surface area contributed by atoms with Gasteiger partial charge in [0.05, 0.1) is 6.61 Å². The molecule has 0 bridgehead atoms. The molecule has 1 saturated heterocycles. The van der Waals surface area contributed by atoms with Gasteiger partial charge < -0.3 is 15.8 Å². The first-order valence-corrected chi connectivity index (χ1v) is 8.03. The van der Waals surface area contributed by atoms with Crippen molar-refractivity contribution in [2.75, 3.05) is 39.1 Å². The van der Waals surface area contributed by atoms with Crippen molar-refractivity contribution in [3.8, 4) is 0 Å². The number of aryl methyl sites for hydroxylation is 1. The van der Waals surface area contributed by atoms with E-state index in [1.54, 1.807) is 7.11 Å². The van der Waals surface area contributed by atoms with Gasteiger partial charge in [0.2, 0.25) is 5.91 Å². The first-order chi connectivity index (χ1) is 10.7. The summed E-state index contributed by atoms with van der Waals surface area (Å²) in [7, 11) is 1.72. The highest BCUT2D eigenvalue weighted by Gasteiger charge is 2.24. The number of carbonyl (C=O) groups is 1. The number of methoxy groups -OCH3 is 1. The van der Waals surface area contributed by atoms with Crippen molar-refractivity contribution in [1.82, 2.24) is 10.2 Å². The number of anilines is 1. The molecule has 22 heavy (non-hydrogen) atoms. The largest absolute Gasteiger partial charge is 0.399 e. The van der Waals surface area contributed by atoms with E-state index in [1.165, 1.54) is 6.42 Å². The highest BCUT2D eigenvalue weighted by molar-refractivity contribution is 5.76. The van der Waals surface area contributed by atoms with Crippen molar-refractivity contribution in [2.45, 2.75) is 31.7 Å². The van der Waals surface area contributed by atoms with Crippen molar-refractivity contribution in [3.63, 3.8) is 0 Å². The summed E-state index contributed by atoms with van der Waals surface area (Å²) in [5.74, 6) is 0.0989. The molecule has 1 fully saturated rings. The van der Waals surface area contributed by atoms with Crippen LogP contribution in [-0.2, 0) is 16.0 Å². The lowest BCUT2D eigenvalue weighted by Gasteiger charge is -2.24. The minimum Gasteiger partial charge on any atom is -0.399 e. The van der Waals surface area contributed by atoms with Crippen LogP contribution in [0.1, 0.15) is 24.8 Å². The van der Waals surface area contributed by atoms with Crippen molar-refractivity contribution >= 4 is 11.6 Å². The van der Waals surface area contributed by atoms with E-state index in [0.717, 1.165) is 43.9 Å². The fraction of sp³-hybridized carbons (Fsp3) is 0.588. The van der Waals surface area contributed by atoms with E-state index in [-0.39, 0.29) is 5.91 Å². The zero-order chi connectivity index (χ0) is 15.8. The molecular weight excluding hydrogens is 278 g/mol. The van der Waals surface area contributed by atoms with Gasteiger partial charge in [0, 0.05) is 38.3 Å². The summed E-state index contributed by atoms with van der Waals surface area (Å²) in [6, 6.07) is 8.16. The molecule has 5 nitrogen and oxygen atoms in total. The molecule has 1 aromatic rings. The molecule has 1 aliphatic rings. The van der Waals surface area contributed by atoms with Crippen LogP contribution >= 0.6 is 0 Å². The second-order valence-electron chi connectivity index (χ2n) is 5.83. The van der Waals surface area contributed by atoms with Gasteiger partial charge in [-0.25, -0.2) is 0 Å². The van der Waals surface area contributed by atoms with Crippen molar-refractivity contribution in [2.24, 2.45) is 0 Å². The van der Waals surface area contributed by atoms with Crippen LogP contribution in [0.5, 0.6) is 0 Å². The molecule has 0 aromatic heterocycles. The number of nitrogens with one attached hydrogen (secondary N) is 1. The van der Waals surface area contributed by atoms with Gasteiger partial charge in [-0.05, 0) is 37.4 Å². The number of nitrogens with two attached hydrogens (primary N) is 1. The number of carbonyl (C=O) groups excluding carboxylic acids is 1. The van der Waals surface area contributed by atoms with Crippen molar-refractivity contribution in [1.29, 1.82) is 0 Å².